The number of ether oxygens (including phenoxy) is 1. The minimum Gasteiger partial charge on any atom is -0.481 e. The Labute approximate surface area is 124 Å². The fourth-order valence-electron chi connectivity index (χ4n) is 2.88. The van der Waals surface area contributed by atoms with Gasteiger partial charge < -0.3 is 4.74 Å². The third-order valence-corrected chi connectivity index (χ3v) is 3.98. The molecule has 21 heavy (non-hydrogen) atoms. The highest BCUT2D eigenvalue weighted by atomic mass is 16.5. The van der Waals surface area contributed by atoms with Crippen LogP contribution >= 0.6 is 0 Å². The molecule has 2 heterocycles. The zero-order valence-electron chi connectivity index (χ0n) is 12.1. The second kappa shape index (κ2) is 6.04. The molecule has 0 amide bonds. The zero-order valence-corrected chi connectivity index (χ0v) is 12.1. The second-order valence-corrected chi connectivity index (χ2v) is 5.32. The molecule has 108 valence electrons. The molecule has 1 atom stereocenters. The standard InChI is InChI=1S/C17H18N2O2/c1-21-17-9-12-5-4-7-16(20)14(15(12)11-19-17)10-13-6-2-3-8-18-13/h2-3,6,8-9,11,14H,4-5,7,10H2,1H3. The van der Waals surface area contributed by atoms with Gasteiger partial charge in [0.15, 0.2) is 0 Å². The molecule has 3 rings (SSSR count). The van der Waals surface area contributed by atoms with Crippen molar-refractivity contribution in [2.24, 2.45) is 0 Å². The fourth-order valence-corrected chi connectivity index (χ4v) is 2.88. The summed E-state index contributed by atoms with van der Waals surface area (Å²) in [6.07, 6.45) is 6.61. The first-order valence-corrected chi connectivity index (χ1v) is 7.23. The van der Waals surface area contributed by atoms with Gasteiger partial charge >= 0.3 is 0 Å². The summed E-state index contributed by atoms with van der Waals surface area (Å²) < 4.78 is 5.19. The van der Waals surface area contributed by atoms with E-state index in [9.17, 15) is 4.79 Å². The number of aryl methyl sites for hydroxylation is 1. The molecule has 4 nitrogen and oxygen atoms in total. The van der Waals surface area contributed by atoms with Crippen LogP contribution in [0.25, 0.3) is 0 Å². The van der Waals surface area contributed by atoms with Crippen LogP contribution in [0, 0.1) is 0 Å². The SMILES string of the molecule is COc1cc2c(cn1)C(Cc1ccccn1)C(=O)CCC2. The topological polar surface area (TPSA) is 52.1 Å². The lowest BCUT2D eigenvalue weighted by Crippen LogP contribution is -2.15. The van der Waals surface area contributed by atoms with Gasteiger partial charge in [-0.3, -0.25) is 9.78 Å². The highest BCUT2D eigenvalue weighted by Crippen LogP contribution is 2.31. The number of carbonyl (C=O) groups is 1. The highest BCUT2D eigenvalue weighted by Gasteiger charge is 2.27. The lowest BCUT2D eigenvalue weighted by molar-refractivity contribution is -0.120. The van der Waals surface area contributed by atoms with Crippen molar-refractivity contribution in [1.29, 1.82) is 0 Å². The quantitative estimate of drug-likeness (QED) is 0.812. The molecular weight excluding hydrogens is 264 g/mol. The van der Waals surface area contributed by atoms with Crippen LogP contribution in [0.5, 0.6) is 5.88 Å². The van der Waals surface area contributed by atoms with Crippen molar-refractivity contribution in [2.75, 3.05) is 7.11 Å². The van der Waals surface area contributed by atoms with Crippen molar-refractivity contribution < 1.29 is 9.53 Å². The van der Waals surface area contributed by atoms with E-state index in [-0.39, 0.29) is 11.7 Å². The number of aromatic nitrogens is 2. The first-order chi connectivity index (χ1) is 10.3. The molecule has 4 heteroatoms. The lowest BCUT2D eigenvalue weighted by Gasteiger charge is -2.16. The van der Waals surface area contributed by atoms with E-state index in [1.54, 1.807) is 19.5 Å². The van der Waals surface area contributed by atoms with Crippen LogP contribution in [-0.4, -0.2) is 22.9 Å². The average molecular weight is 282 g/mol. The molecule has 0 saturated heterocycles. The minimum absolute atomic E-state index is 0.143. The molecule has 2 aromatic rings. The summed E-state index contributed by atoms with van der Waals surface area (Å²) in [4.78, 5) is 21.1. The predicted molar refractivity (Wildman–Crippen MR) is 79.4 cm³/mol. The van der Waals surface area contributed by atoms with Crippen LogP contribution in [0.15, 0.2) is 36.7 Å². The average Bonchev–Trinajstić information content (AvgIpc) is 2.67. The fraction of sp³-hybridized carbons (Fsp3) is 0.353. The van der Waals surface area contributed by atoms with Crippen molar-refractivity contribution >= 4 is 5.78 Å². The van der Waals surface area contributed by atoms with Gasteiger partial charge in [-0.2, -0.15) is 0 Å². The van der Waals surface area contributed by atoms with E-state index < -0.39 is 0 Å². The number of hydrogen-bond donors (Lipinski definition) is 0. The molecular formula is C17H18N2O2. The largest absolute Gasteiger partial charge is 0.481 e. The predicted octanol–water partition coefficient (Wildman–Crippen LogP) is 2.72. The summed E-state index contributed by atoms with van der Waals surface area (Å²) in [7, 11) is 1.61. The molecule has 1 aliphatic carbocycles. The van der Waals surface area contributed by atoms with Crippen LogP contribution in [0.1, 0.15) is 35.6 Å². The number of ketones is 1. The molecule has 0 bridgehead atoms. The summed E-state index contributed by atoms with van der Waals surface area (Å²) in [5.41, 5.74) is 3.15. The Morgan fingerprint density at radius 2 is 2.19 bits per heavy atom. The molecule has 0 N–H and O–H groups in total. The van der Waals surface area contributed by atoms with Crippen molar-refractivity contribution in [1.82, 2.24) is 9.97 Å². The molecule has 0 aliphatic heterocycles. The monoisotopic (exact) mass is 282 g/mol. The van der Waals surface area contributed by atoms with E-state index >= 15 is 0 Å². The number of nitrogens with zero attached hydrogens (tertiary/aromatic N) is 2. The summed E-state index contributed by atoms with van der Waals surface area (Å²) in [6, 6.07) is 7.77. The van der Waals surface area contributed by atoms with Crippen molar-refractivity contribution in [3.63, 3.8) is 0 Å². The molecule has 0 fully saturated rings. The Bertz CT molecular complexity index is 640. The number of methoxy groups -OCH3 is 1. The van der Waals surface area contributed by atoms with Gasteiger partial charge in [0.1, 0.15) is 5.78 Å². The van der Waals surface area contributed by atoms with Gasteiger partial charge in [-0.25, -0.2) is 4.98 Å². The van der Waals surface area contributed by atoms with Crippen LogP contribution < -0.4 is 4.74 Å². The smallest absolute Gasteiger partial charge is 0.213 e. The van der Waals surface area contributed by atoms with E-state index in [0.29, 0.717) is 18.7 Å². The Kier molecular flexibility index (Phi) is 3.95. The van der Waals surface area contributed by atoms with Gasteiger partial charge in [-0.1, -0.05) is 6.07 Å². The minimum atomic E-state index is -0.143. The van der Waals surface area contributed by atoms with E-state index in [2.05, 4.69) is 9.97 Å². The first kappa shape index (κ1) is 13.7. The summed E-state index contributed by atoms with van der Waals surface area (Å²) >= 11 is 0. The zero-order chi connectivity index (χ0) is 14.7. The van der Waals surface area contributed by atoms with Gasteiger partial charge in [-0.15, -0.1) is 0 Å². The maximum Gasteiger partial charge on any atom is 0.213 e. The Morgan fingerprint density at radius 3 is 2.95 bits per heavy atom. The van der Waals surface area contributed by atoms with E-state index in [0.717, 1.165) is 24.1 Å². The van der Waals surface area contributed by atoms with Gasteiger partial charge in [0.05, 0.1) is 7.11 Å². The Balaban J connectivity index is 1.97. The number of fused-ring (bicyclic) bond motifs is 1. The Hall–Kier alpha value is -2.23. The summed E-state index contributed by atoms with van der Waals surface area (Å²) in [5.74, 6) is 0.752. The van der Waals surface area contributed by atoms with Crippen LogP contribution in [-0.2, 0) is 17.6 Å². The number of pyridine rings is 2. The van der Waals surface area contributed by atoms with Gasteiger partial charge in [-0.05, 0) is 36.1 Å². The van der Waals surface area contributed by atoms with E-state index in [1.807, 2.05) is 24.3 Å². The van der Waals surface area contributed by atoms with Gasteiger partial charge in [0, 0.05) is 42.9 Å². The normalized spacial score (nSPS) is 18.0. The third kappa shape index (κ3) is 2.94. The molecule has 1 aliphatic rings. The molecule has 0 saturated carbocycles. The number of hydrogen-bond acceptors (Lipinski definition) is 4. The Morgan fingerprint density at radius 1 is 1.29 bits per heavy atom. The third-order valence-electron chi connectivity index (χ3n) is 3.98. The lowest BCUT2D eigenvalue weighted by atomic mass is 9.89. The van der Waals surface area contributed by atoms with Gasteiger partial charge in [0.25, 0.3) is 0 Å². The van der Waals surface area contributed by atoms with Crippen LogP contribution in [0.3, 0.4) is 0 Å². The van der Waals surface area contributed by atoms with Crippen molar-refractivity contribution in [3.05, 3.63) is 53.5 Å². The number of rotatable bonds is 3. The number of carbonyl (C=O) groups excluding carboxylic acids is 1. The van der Waals surface area contributed by atoms with Crippen LogP contribution in [0.2, 0.25) is 0 Å². The van der Waals surface area contributed by atoms with E-state index in [4.69, 9.17) is 4.74 Å². The van der Waals surface area contributed by atoms with Crippen molar-refractivity contribution in [3.8, 4) is 5.88 Å². The molecule has 2 aromatic heterocycles. The first-order valence-electron chi connectivity index (χ1n) is 7.23. The molecule has 0 aromatic carbocycles. The summed E-state index contributed by atoms with van der Waals surface area (Å²) in [5, 5.41) is 0. The highest BCUT2D eigenvalue weighted by molar-refractivity contribution is 5.87. The second-order valence-electron chi connectivity index (χ2n) is 5.32. The summed E-state index contributed by atoms with van der Waals surface area (Å²) in [6.45, 7) is 0. The van der Waals surface area contributed by atoms with Gasteiger partial charge in [0.2, 0.25) is 5.88 Å². The number of Topliss-reactive ketones (excluding diaryl/α,β-unsaturated/α-hetero) is 1. The molecule has 0 radical (unpaired) electrons. The molecule has 1 unspecified atom stereocenters. The maximum absolute atomic E-state index is 12.4. The van der Waals surface area contributed by atoms with Crippen LogP contribution in [0.4, 0.5) is 0 Å². The maximum atomic E-state index is 12.4. The van der Waals surface area contributed by atoms with Crippen molar-refractivity contribution in [2.45, 2.75) is 31.6 Å². The molecule has 0 spiro atoms. The van der Waals surface area contributed by atoms with E-state index in [1.165, 1.54) is 5.56 Å².